The molecule has 0 saturated carbocycles. The van der Waals surface area contributed by atoms with Crippen LogP contribution < -0.4 is 5.73 Å². The van der Waals surface area contributed by atoms with Crippen molar-refractivity contribution < 1.29 is 17.5 Å². The Bertz CT molecular complexity index is 565. The van der Waals surface area contributed by atoms with Crippen LogP contribution in [0.2, 0.25) is 5.02 Å². The van der Waals surface area contributed by atoms with E-state index in [0.29, 0.717) is 0 Å². The third kappa shape index (κ3) is 3.36. The molecule has 108 valence electrons. The summed E-state index contributed by atoms with van der Waals surface area (Å²) in [7, 11) is -0.986. The van der Waals surface area contributed by atoms with Gasteiger partial charge in [-0.1, -0.05) is 11.6 Å². The molecule has 0 spiro atoms. The molecule has 0 aromatic heterocycles. The van der Waals surface area contributed by atoms with Gasteiger partial charge in [0.2, 0.25) is 10.0 Å². The van der Waals surface area contributed by atoms with E-state index in [1.807, 2.05) is 0 Å². The molecule has 19 heavy (non-hydrogen) atoms. The van der Waals surface area contributed by atoms with Crippen molar-refractivity contribution in [2.24, 2.45) is 0 Å². The first-order chi connectivity index (χ1) is 8.71. The number of hydrogen-bond donors (Lipinski definition) is 1. The molecule has 2 N–H and O–H groups in total. The van der Waals surface area contributed by atoms with E-state index in [2.05, 4.69) is 0 Å². The zero-order valence-corrected chi connectivity index (χ0v) is 12.4. The summed E-state index contributed by atoms with van der Waals surface area (Å²) in [6.07, 6.45) is 0. The second-order valence-electron chi connectivity index (χ2n) is 4.13. The predicted molar refractivity (Wildman–Crippen MR) is 72.1 cm³/mol. The molecule has 0 amide bonds. The standard InChI is InChI=1S/C11H16ClFN2O3S/c1-7(6-18-3)15(2)19(16,17)11-5-10(14)9(13)4-8(11)12/h4-5,7H,6,14H2,1-3H3. The molecule has 0 saturated heterocycles. The molecule has 0 aliphatic heterocycles. The van der Waals surface area contributed by atoms with Crippen LogP contribution in [0.25, 0.3) is 0 Å². The topological polar surface area (TPSA) is 72.6 Å². The Hall–Kier alpha value is -0.890. The number of halogens is 2. The quantitative estimate of drug-likeness (QED) is 0.840. The highest BCUT2D eigenvalue weighted by Crippen LogP contribution is 2.29. The molecule has 1 rings (SSSR count). The van der Waals surface area contributed by atoms with E-state index >= 15 is 0 Å². The van der Waals surface area contributed by atoms with Gasteiger partial charge >= 0.3 is 0 Å². The number of nitrogen functional groups attached to an aromatic ring is 1. The Kier molecular flexibility index (Phi) is 5.14. The van der Waals surface area contributed by atoms with Gasteiger partial charge in [0.05, 0.1) is 17.3 Å². The van der Waals surface area contributed by atoms with Gasteiger partial charge in [0.25, 0.3) is 0 Å². The first-order valence-electron chi connectivity index (χ1n) is 5.43. The summed E-state index contributed by atoms with van der Waals surface area (Å²) >= 11 is 5.78. The van der Waals surface area contributed by atoms with Crippen molar-refractivity contribution in [3.63, 3.8) is 0 Å². The monoisotopic (exact) mass is 310 g/mol. The molecule has 0 bridgehead atoms. The SMILES string of the molecule is COCC(C)N(C)S(=O)(=O)c1cc(N)c(F)cc1Cl. The average molecular weight is 311 g/mol. The van der Waals surface area contributed by atoms with Crippen LogP contribution in [0, 0.1) is 5.82 Å². The van der Waals surface area contributed by atoms with Gasteiger partial charge in [-0.2, -0.15) is 4.31 Å². The van der Waals surface area contributed by atoms with Gasteiger partial charge in [-0.05, 0) is 19.1 Å². The first kappa shape index (κ1) is 16.2. The Morgan fingerprint density at radius 2 is 2.11 bits per heavy atom. The number of hydrogen-bond acceptors (Lipinski definition) is 4. The van der Waals surface area contributed by atoms with Gasteiger partial charge in [-0.25, -0.2) is 12.8 Å². The first-order valence-corrected chi connectivity index (χ1v) is 7.25. The zero-order valence-electron chi connectivity index (χ0n) is 10.9. The summed E-state index contributed by atoms with van der Waals surface area (Å²) in [6, 6.07) is 1.51. The van der Waals surface area contributed by atoms with E-state index in [1.54, 1.807) is 6.92 Å². The summed E-state index contributed by atoms with van der Waals surface area (Å²) in [4.78, 5) is -0.224. The Balaban J connectivity index is 3.24. The summed E-state index contributed by atoms with van der Waals surface area (Å²) in [5, 5.41) is -0.205. The Morgan fingerprint density at radius 1 is 1.53 bits per heavy atom. The van der Waals surface area contributed by atoms with Crippen LogP contribution in [0.1, 0.15) is 6.92 Å². The highest BCUT2D eigenvalue weighted by Gasteiger charge is 2.28. The lowest BCUT2D eigenvalue weighted by Gasteiger charge is -2.24. The van der Waals surface area contributed by atoms with E-state index in [1.165, 1.54) is 14.2 Å². The number of nitrogens with two attached hydrogens (primary N) is 1. The van der Waals surface area contributed by atoms with Crippen LogP contribution >= 0.6 is 11.6 Å². The minimum Gasteiger partial charge on any atom is -0.396 e. The Morgan fingerprint density at radius 3 is 2.63 bits per heavy atom. The van der Waals surface area contributed by atoms with Gasteiger partial charge in [-0.15, -0.1) is 0 Å². The number of anilines is 1. The van der Waals surface area contributed by atoms with Crippen LogP contribution in [0.15, 0.2) is 17.0 Å². The number of sulfonamides is 1. The number of rotatable bonds is 5. The molecule has 1 aromatic rings. The number of ether oxygens (including phenoxy) is 1. The van der Waals surface area contributed by atoms with Crippen LogP contribution in [-0.4, -0.2) is 39.5 Å². The van der Waals surface area contributed by atoms with Gasteiger partial charge in [0, 0.05) is 20.2 Å². The van der Waals surface area contributed by atoms with Crippen molar-refractivity contribution in [3.05, 3.63) is 23.0 Å². The van der Waals surface area contributed by atoms with Gasteiger partial charge in [-0.3, -0.25) is 0 Å². The summed E-state index contributed by atoms with van der Waals surface area (Å²) in [6.45, 7) is 1.91. The predicted octanol–water partition coefficient (Wildman–Crippen LogP) is 1.72. The molecule has 5 nitrogen and oxygen atoms in total. The van der Waals surface area contributed by atoms with Crippen LogP contribution in [0.3, 0.4) is 0 Å². The van der Waals surface area contributed by atoms with E-state index < -0.39 is 21.9 Å². The molecule has 1 aromatic carbocycles. The molecule has 0 fully saturated rings. The van der Waals surface area contributed by atoms with Crippen molar-refractivity contribution in [2.75, 3.05) is 26.5 Å². The average Bonchev–Trinajstić information content (AvgIpc) is 2.32. The number of methoxy groups -OCH3 is 1. The lowest BCUT2D eigenvalue weighted by Crippen LogP contribution is -2.37. The van der Waals surface area contributed by atoms with E-state index in [0.717, 1.165) is 16.4 Å². The molecule has 1 unspecified atom stereocenters. The smallest absolute Gasteiger partial charge is 0.244 e. The van der Waals surface area contributed by atoms with Crippen molar-refractivity contribution in [1.82, 2.24) is 4.31 Å². The maximum atomic E-state index is 13.2. The fourth-order valence-electron chi connectivity index (χ4n) is 1.48. The molecule has 1 atom stereocenters. The summed E-state index contributed by atoms with van der Waals surface area (Å²) < 4.78 is 43.9. The summed E-state index contributed by atoms with van der Waals surface area (Å²) in [5.41, 5.74) is 5.11. The molecule has 0 aliphatic carbocycles. The maximum absolute atomic E-state index is 13.2. The number of likely N-dealkylation sites (N-methyl/N-ethyl adjacent to an activating group) is 1. The van der Waals surface area contributed by atoms with Crippen molar-refractivity contribution in [1.29, 1.82) is 0 Å². The zero-order chi connectivity index (χ0) is 14.8. The molecule has 0 aliphatic rings. The highest BCUT2D eigenvalue weighted by atomic mass is 35.5. The van der Waals surface area contributed by atoms with Gasteiger partial charge in [0.15, 0.2) is 0 Å². The minimum absolute atomic E-state index is 0.205. The lowest BCUT2D eigenvalue weighted by molar-refractivity contribution is 0.149. The molecular weight excluding hydrogens is 295 g/mol. The van der Waals surface area contributed by atoms with Gasteiger partial charge < -0.3 is 10.5 Å². The number of benzene rings is 1. The van der Waals surface area contributed by atoms with Crippen molar-refractivity contribution >= 4 is 27.3 Å². The second kappa shape index (κ2) is 6.04. The van der Waals surface area contributed by atoms with E-state index in [-0.39, 0.29) is 22.2 Å². The third-order valence-electron chi connectivity index (χ3n) is 2.74. The molecule has 0 heterocycles. The maximum Gasteiger partial charge on any atom is 0.244 e. The molecule has 8 heteroatoms. The van der Waals surface area contributed by atoms with E-state index in [9.17, 15) is 12.8 Å². The number of nitrogens with zero attached hydrogens (tertiary/aromatic N) is 1. The van der Waals surface area contributed by atoms with Gasteiger partial charge in [0.1, 0.15) is 10.7 Å². The third-order valence-corrected chi connectivity index (χ3v) is 5.17. The minimum atomic E-state index is -3.86. The fourth-order valence-corrected chi connectivity index (χ4v) is 3.35. The molecular formula is C11H16ClFN2O3S. The van der Waals surface area contributed by atoms with Crippen LogP contribution in [-0.2, 0) is 14.8 Å². The second-order valence-corrected chi connectivity index (χ2v) is 6.50. The normalized spacial score (nSPS) is 13.8. The van der Waals surface area contributed by atoms with Crippen LogP contribution in [0.5, 0.6) is 0 Å². The van der Waals surface area contributed by atoms with Crippen molar-refractivity contribution in [2.45, 2.75) is 17.9 Å². The fraction of sp³-hybridized carbons (Fsp3) is 0.455. The molecule has 0 radical (unpaired) electrons. The van der Waals surface area contributed by atoms with Crippen LogP contribution in [0.4, 0.5) is 10.1 Å². The summed E-state index contributed by atoms with van der Waals surface area (Å²) in [5.74, 6) is -0.753. The Labute approximate surface area is 117 Å². The highest BCUT2D eigenvalue weighted by molar-refractivity contribution is 7.89. The van der Waals surface area contributed by atoms with Crippen molar-refractivity contribution in [3.8, 4) is 0 Å². The largest absolute Gasteiger partial charge is 0.396 e. The lowest BCUT2D eigenvalue weighted by atomic mass is 10.3. The van der Waals surface area contributed by atoms with E-state index in [4.69, 9.17) is 22.1 Å².